The molecule has 1 saturated heterocycles. The third-order valence-corrected chi connectivity index (χ3v) is 5.11. The van der Waals surface area contributed by atoms with Crippen molar-refractivity contribution >= 4 is 0 Å². The molecule has 0 spiro atoms. The van der Waals surface area contributed by atoms with Crippen molar-refractivity contribution in [3.05, 3.63) is 12.2 Å². The van der Waals surface area contributed by atoms with Crippen molar-refractivity contribution in [1.29, 1.82) is 0 Å². The Bertz CT molecular complexity index is 281. The fourth-order valence-corrected chi connectivity index (χ4v) is 3.58. The van der Waals surface area contributed by atoms with Gasteiger partial charge in [-0.3, -0.25) is 4.90 Å². The third-order valence-electron chi connectivity index (χ3n) is 5.11. The number of nitrogens with zero attached hydrogens (tertiary/aromatic N) is 1. The van der Waals surface area contributed by atoms with Crippen molar-refractivity contribution in [2.24, 2.45) is 11.7 Å². The molecule has 2 N–H and O–H groups in total. The Morgan fingerprint density at radius 1 is 1.29 bits per heavy atom. The molecule has 2 heteroatoms. The van der Waals surface area contributed by atoms with Gasteiger partial charge in [-0.25, -0.2) is 0 Å². The van der Waals surface area contributed by atoms with Crippen molar-refractivity contribution in [2.75, 3.05) is 13.1 Å². The predicted octanol–water partition coefficient (Wildman–Crippen LogP) is 2.93. The SMILES string of the molecule is C=C(C)[C@H]1CC[C@@](C)(N2CCCCC2)[C@H](N)C1. The molecule has 0 amide bonds. The highest BCUT2D eigenvalue weighted by atomic mass is 15.2. The van der Waals surface area contributed by atoms with Crippen LogP contribution in [0.5, 0.6) is 0 Å². The molecule has 2 nitrogen and oxygen atoms in total. The number of allylic oxidation sites excluding steroid dienone is 1. The maximum atomic E-state index is 6.49. The molecule has 2 aliphatic rings. The lowest BCUT2D eigenvalue weighted by Crippen LogP contribution is -2.61. The molecule has 1 heterocycles. The summed E-state index contributed by atoms with van der Waals surface area (Å²) in [6, 6.07) is 0.316. The molecule has 2 rings (SSSR count). The number of hydrogen-bond donors (Lipinski definition) is 1. The first kappa shape index (κ1) is 13.1. The van der Waals surface area contributed by atoms with Crippen molar-refractivity contribution in [3.63, 3.8) is 0 Å². The average molecular weight is 236 g/mol. The van der Waals surface area contributed by atoms with E-state index in [1.807, 2.05) is 0 Å². The first-order valence-electron chi connectivity index (χ1n) is 7.20. The fraction of sp³-hybridized carbons (Fsp3) is 0.867. The number of likely N-dealkylation sites (tertiary alicyclic amines) is 1. The Morgan fingerprint density at radius 3 is 2.47 bits per heavy atom. The molecule has 0 aromatic rings. The van der Waals surface area contributed by atoms with Crippen LogP contribution in [0.2, 0.25) is 0 Å². The Labute approximate surface area is 106 Å². The molecule has 17 heavy (non-hydrogen) atoms. The van der Waals surface area contributed by atoms with Gasteiger partial charge in [-0.2, -0.15) is 0 Å². The average Bonchev–Trinajstić information content (AvgIpc) is 2.33. The summed E-state index contributed by atoms with van der Waals surface area (Å²) in [5.74, 6) is 0.655. The van der Waals surface area contributed by atoms with Gasteiger partial charge in [-0.05, 0) is 65.0 Å². The molecule has 0 unspecified atom stereocenters. The van der Waals surface area contributed by atoms with Crippen LogP contribution in [-0.4, -0.2) is 29.6 Å². The lowest BCUT2D eigenvalue weighted by atomic mass is 9.71. The van der Waals surface area contributed by atoms with E-state index < -0.39 is 0 Å². The summed E-state index contributed by atoms with van der Waals surface area (Å²) in [5.41, 5.74) is 8.05. The van der Waals surface area contributed by atoms with Gasteiger partial charge in [-0.15, -0.1) is 0 Å². The molecule has 0 bridgehead atoms. The summed E-state index contributed by atoms with van der Waals surface area (Å²) in [4.78, 5) is 2.66. The molecule has 0 aromatic carbocycles. The van der Waals surface area contributed by atoms with Crippen molar-refractivity contribution in [1.82, 2.24) is 4.90 Å². The molecule has 1 aliphatic heterocycles. The van der Waals surface area contributed by atoms with E-state index in [9.17, 15) is 0 Å². The minimum atomic E-state index is 0.242. The van der Waals surface area contributed by atoms with Crippen LogP contribution in [0.4, 0.5) is 0 Å². The highest BCUT2D eigenvalue weighted by Gasteiger charge is 2.42. The number of hydrogen-bond acceptors (Lipinski definition) is 2. The largest absolute Gasteiger partial charge is 0.326 e. The van der Waals surface area contributed by atoms with E-state index in [2.05, 4.69) is 25.3 Å². The van der Waals surface area contributed by atoms with Gasteiger partial charge < -0.3 is 5.73 Å². The van der Waals surface area contributed by atoms with E-state index in [-0.39, 0.29) is 5.54 Å². The van der Waals surface area contributed by atoms with E-state index in [1.165, 1.54) is 50.8 Å². The lowest BCUT2D eigenvalue weighted by Gasteiger charge is -2.51. The number of piperidine rings is 1. The molecule has 98 valence electrons. The number of nitrogens with two attached hydrogens (primary N) is 1. The van der Waals surface area contributed by atoms with E-state index in [0.29, 0.717) is 12.0 Å². The van der Waals surface area contributed by atoms with Crippen molar-refractivity contribution < 1.29 is 0 Å². The minimum absolute atomic E-state index is 0.242. The topological polar surface area (TPSA) is 29.3 Å². The van der Waals surface area contributed by atoms with E-state index in [0.717, 1.165) is 6.42 Å². The number of rotatable bonds is 2. The van der Waals surface area contributed by atoms with Crippen LogP contribution in [0.3, 0.4) is 0 Å². The molecule has 2 fully saturated rings. The van der Waals surface area contributed by atoms with Gasteiger partial charge in [0.2, 0.25) is 0 Å². The van der Waals surface area contributed by atoms with E-state index >= 15 is 0 Å². The Morgan fingerprint density at radius 2 is 1.94 bits per heavy atom. The highest BCUT2D eigenvalue weighted by molar-refractivity contribution is 5.07. The molecule has 0 radical (unpaired) electrons. The van der Waals surface area contributed by atoms with Crippen LogP contribution in [0.1, 0.15) is 52.4 Å². The third kappa shape index (κ3) is 2.58. The molecule has 1 aliphatic carbocycles. The van der Waals surface area contributed by atoms with Crippen molar-refractivity contribution in [3.8, 4) is 0 Å². The summed E-state index contributed by atoms with van der Waals surface area (Å²) in [7, 11) is 0. The molecular formula is C15H28N2. The normalized spacial score (nSPS) is 40.2. The van der Waals surface area contributed by atoms with Gasteiger partial charge in [0.05, 0.1) is 0 Å². The van der Waals surface area contributed by atoms with Crippen LogP contribution in [0, 0.1) is 5.92 Å². The lowest BCUT2D eigenvalue weighted by molar-refractivity contribution is 0.0227. The monoisotopic (exact) mass is 236 g/mol. The van der Waals surface area contributed by atoms with Gasteiger partial charge in [0.25, 0.3) is 0 Å². The van der Waals surface area contributed by atoms with Gasteiger partial charge in [-0.1, -0.05) is 18.6 Å². The zero-order chi connectivity index (χ0) is 12.5. The van der Waals surface area contributed by atoms with E-state index in [1.54, 1.807) is 0 Å². The Hall–Kier alpha value is -0.340. The summed E-state index contributed by atoms with van der Waals surface area (Å²) in [5, 5.41) is 0. The van der Waals surface area contributed by atoms with Crippen LogP contribution in [-0.2, 0) is 0 Å². The Kier molecular flexibility index (Phi) is 3.94. The maximum Gasteiger partial charge on any atom is 0.0332 e. The summed E-state index contributed by atoms with van der Waals surface area (Å²) in [6.07, 6.45) is 7.75. The van der Waals surface area contributed by atoms with Crippen LogP contribution in [0.15, 0.2) is 12.2 Å². The Balaban J connectivity index is 2.03. The van der Waals surface area contributed by atoms with E-state index in [4.69, 9.17) is 5.73 Å². The zero-order valence-electron chi connectivity index (χ0n) is 11.5. The fourth-order valence-electron chi connectivity index (χ4n) is 3.58. The van der Waals surface area contributed by atoms with Crippen molar-refractivity contribution in [2.45, 2.75) is 64.0 Å². The summed E-state index contributed by atoms with van der Waals surface area (Å²) in [6.45, 7) is 11.1. The standard InChI is InChI=1S/C15H28N2/c1-12(2)13-7-8-15(3,14(16)11-13)17-9-5-4-6-10-17/h13-14H,1,4-11,16H2,2-3H3/t13-,14+,15+/m0/s1. The zero-order valence-corrected chi connectivity index (χ0v) is 11.5. The first-order valence-corrected chi connectivity index (χ1v) is 7.20. The molecule has 0 aromatic heterocycles. The summed E-state index contributed by atoms with van der Waals surface area (Å²) >= 11 is 0. The summed E-state index contributed by atoms with van der Waals surface area (Å²) < 4.78 is 0. The molecule has 1 saturated carbocycles. The highest BCUT2D eigenvalue weighted by Crippen LogP contribution is 2.39. The maximum absolute atomic E-state index is 6.49. The smallest absolute Gasteiger partial charge is 0.0332 e. The van der Waals surface area contributed by atoms with Crippen LogP contribution < -0.4 is 5.73 Å². The first-order chi connectivity index (χ1) is 8.04. The quantitative estimate of drug-likeness (QED) is 0.747. The van der Waals surface area contributed by atoms with Crippen LogP contribution >= 0.6 is 0 Å². The van der Waals surface area contributed by atoms with Crippen LogP contribution in [0.25, 0.3) is 0 Å². The minimum Gasteiger partial charge on any atom is -0.326 e. The molecular weight excluding hydrogens is 208 g/mol. The second-order valence-corrected chi connectivity index (χ2v) is 6.33. The van der Waals surface area contributed by atoms with Gasteiger partial charge in [0, 0.05) is 11.6 Å². The van der Waals surface area contributed by atoms with Gasteiger partial charge in [0.1, 0.15) is 0 Å². The molecule has 3 atom stereocenters. The van der Waals surface area contributed by atoms with Gasteiger partial charge >= 0.3 is 0 Å². The second kappa shape index (κ2) is 5.11. The predicted molar refractivity (Wildman–Crippen MR) is 74.0 cm³/mol. The van der Waals surface area contributed by atoms with Gasteiger partial charge in [0.15, 0.2) is 0 Å². The second-order valence-electron chi connectivity index (χ2n) is 6.33.